The Hall–Kier alpha value is -2.02. The first-order valence-electron chi connectivity index (χ1n) is 9.55. The molecule has 5 nitrogen and oxygen atoms in total. The van der Waals surface area contributed by atoms with Crippen molar-refractivity contribution in [2.45, 2.75) is 12.5 Å². The highest BCUT2D eigenvalue weighted by atomic mass is 79.9. The van der Waals surface area contributed by atoms with Crippen LogP contribution in [0.2, 0.25) is 0 Å². The lowest BCUT2D eigenvalue weighted by molar-refractivity contribution is 0.250. The summed E-state index contributed by atoms with van der Waals surface area (Å²) in [6.07, 6.45) is 1.02. The summed E-state index contributed by atoms with van der Waals surface area (Å²) in [5.41, 5.74) is 4.98. The molecule has 0 spiro atoms. The van der Waals surface area contributed by atoms with E-state index in [0.717, 1.165) is 35.5 Å². The Morgan fingerprint density at radius 1 is 1.14 bits per heavy atom. The normalized spacial score (nSPS) is 16.4. The molecule has 3 aromatic rings. The van der Waals surface area contributed by atoms with Crippen molar-refractivity contribution in [1.82, 2.24) is 15.2 Å². The van der Waals surface area contributed by atoms with Crippen molar-refractivity contribution in [1.29, 1.82) is 0 Å². The van der Waals surface area contributed by atoms with Gasteiger partial charge in [-0.25, -0.2) is 0 Å². The maximum Gasteiger partial charge on any atom is 0.161 e. The first kappa shape index (κ1) is 19.3. The summed E-state index contributed by atoms with van der Waals surface area (Å²) in [6.45, 7) is 2.44. The molecule has 28 heavy (non-hydrogen) atoms. The molecule has 2 heterocycles. The van der Waals surface area contributed by atoms with Crippen LogP contribution in [0.3, 0.4) is 0 Å². The van der Waals surface area contributed by atoms with Crippen molar-refractivity contribution in [2.24, 2.45) is 0 Å². The van der Waals surface area contributed by atoms with Gasteiger partial charge in [0.2, 0.25) is 0 Å². The summed E-state index contributed by atoms with van der Waals surface area (Å²) in [5.74, 6) is 1.55. The first-order chi connectivity index (χ1) is 13.6. The highest BCUT2D eigenvalue weighted by molar-refractivity contribution is 9.10. The van der Waals surface area contributed by atoms with Gasteiger partial charge >= 0.3 is 0 Å². The number of rotatable bonds is 6. The number of ether oxygens (including phenoxy) is 2. The van der Waals surface area contributed by atoms with E-state index in [-0.39, 0.29) is 6.04 Å². The molecule has 0 fully saturated rings. The molecule has 0 amide bonds. The highest BCUT2D eigenvalue weighted by Crippen LogP contribution is 2.37. The van der Waals surface area contributed by atoms with Crippen molar-refractivity contribution < 1.29 is 9.47 Å². The van der Waals surface area contributed by atoms with Gasteiger partial charge in [0.15, 0.2) is 11.5 Å². The second-order valence-corrected chi connectivity index (χ2v) is 8.32. The largest absolute Gasteiger partial charge is 0.493 e. The summed E-state index contributed by atoms with van der Waals surface area (Å²) in [7, 11) is 5.77. The molecule has 0 bridgehead atoms. The molecule has 1 aliphatic heterocycles. The van der Waals surface area contributed by atoms with Gasteiger partial charge in [-0.05, 0) is 62.0 Å². The monoisotopic (exact) mass is 443 g/mol. The number of nitrogens with zero attached hydrogens (tertiary/aromatic N) is 1. The fourth-order valence-corrected chi connectivity index (χ4v) is 4.17. The zero-order valence-electron chi connectivity index (χ0n) is 16.5. The molecule has 0 aliphatic carbocycles. The number of hydrogen-bond donors (Lipinski definition) is 2. The van der Waals surface area contributed by atoms with E-state index in [1.165, 1.54) is 27.7 Å². The van der Waals surface area contributed by atoms with Crippen molar-refractivity contribution in [3.8, 4) is 11.5 Å². The Labute approximate surface area is 174 Å². The molecule has 1 unspecified atom stereocenters. The number of H-pyrrole nitrogens is 1. The van der Waals surface area contributed by atoms with Gasteiger partial charge in [0.25, 0.3) is 0 Å². The highest BCUT2D eigenvalue weighted by Gasteiger charge is 2.26. The maximum absolute atomic E-state index is 5.91. The van der Waals surface area contributed by atoms with E-state index in [4.69, 9.17) is 9.47 Å². The van der Waals surface area contributed by atoms with Gasteiger partial charge in [-0.3, -0.25) is 0 Å². The van der Waals surface area contributed by atoms with Gasteiger partial charge in [0.1, 0.15) is 6.61 Å². The third-order valence-electron chi connectivity index (χ3n) is 5.23. The van der Waals surface area contributed by atoms with Crippen LogP contribution in [0.25, 0.3) is 10.9 Å². The van der Waals surface area contributed by atoms with E-state index in [1.54, 1.807) is 7.11 Å². The lowest BCUT2D eigenvalue weighted by Crippen LogP contribution is -2.30. The van der Waals surface area contributed by atoms with Gasteiger partial charge < -0.3 is 24.7 Å². The van der Waals surface area contributed by atoms with E-state index < -0.39 is 0 Å². The summed E-state index contributed by atoms with van der Waals surface area (Å²) in [4.78, 5) is 5.73. The standard InChI is InChI=1S/C22H26BrN3O2/c1-26(2)10-11-28-19-7-4-14(12-20(19)27-3)21-22-16(8-9-24-21)17-13-15(23)5-6-18(17)25-22/h4-7,12-13,21,24-25H,8-11H2,1-3H3. The molecule has 1 aromatic heterocycles. The molecule has 6 heteroatoms. The van der Waals surface area contributed by atoms with Crippen LogP contribution in [0.15, 0.2) is 40.9 Å². The lowest BCUT2D eigenvalue weighted by Gasteiger charge is -2.25. The van der Waals surface area contributed by atoms with Crippen LogP contribution in [-0.4, -0.2) is 50.8 Å². The third-order valence-corrected chi connectivity index (χ3v) is 5.72. The Balaban J connectivity index is 1.66. The van der Waals surface area contributed by atoms with Crippen LogP contribution < -0.4 is 14.8 Å². The summed E-state index contributed by atoms with van der Waals surface area (Å²) in [5, 5.41) is 4.95. The minimum atomic E-state index is 0.111. The van der Waals surface area contributed by atoms with E-state index in [2.05, 4.69) is 61.5 Å². The van der Waals surface area contributed by atoms with Crippen LogP contribution in [0.1, 0.15) is 22.9 Å². The van der Waals surface area contributed by atoms with Gasteiger partial charge in [0, 0.05) is 34.2 Å². The van der Waals surface area contributed by atoms with Crippen LogP contribution in [-0.2, 0) is 6.42 Å². The van der Waals surface area contributed by atoms with Crippen LogP contribution in [0, 0.1) is 0 Å². The average molecular weight is 444 g/mol. The number of hydrogen-bond acceptors (Lipinski definition) is 4. The van der Waals surface area contributed by atoms with Gasteiger partial charge in [-0.15, -0.1) is 0 Å². The number of benzene rings is 2. The second kappa shape index (κ2) is 8.15. The Morgan fingerprint density at radius 2 is 2.00 bits per heavy atom. The molecule has 148 valence electrons. The third kappa shape index (κ3) is 3.77. The summed E-state index contributed by atoms with van der Waals surface area (Å²) >= 11 is 3.60. The molecule has 2 N–H and O–H groups in total. The fourth-order valence-electron chi connectivity index (χ4n) is 3.81. The molecule has 0 radical (unpaired) electrons. The number of halogens is 1. The topological polar surface area (TPSA) is 49.5 Å². The SMILES string of the molecule is COc1cc(C2NCCc3c2[nH]c2ccc(Br)cc32)ccc1OCCN(C)C. The van der Waals surface area contributed by atoms with Crippen molar-refractivity contribution in [3.05, 3.63) is 57.7 Å². The summed E-state index contributed by atoms with van der Waals surface area (Å²) < 4.78 is 12.6. The molecule has 0 saturated heterocycles. The minimum absolute atomic E-state index is 0.111. The molecule has 1 atom stereocenters. The van der Waals surface area contributed by atoms with Crippen LogP contribution in [0.4, 0.5) is 0 Å². The molecule has 0 saturated carbocycles. The number of likely N-dealkylation sites (N-methyl/N-ethyl adjacent to an activating group) is 1. The fraction of sp³-hybridized carbons (Fsp3) is 0.364. The van der Waals surface area contributed by atoms with Gasteiger partial charge in [-0.2, -0.15) is 0 Å². The van der Waals surface area contributed by atoms with Crippen molar-refractivity contribution in [3.63, 3.8) is 0 Å². The van der Waals surface area contributed by atoms with Crippen molar-refractivity contribution in [2.75, 3.05) is 40.9 Å². The Bertz CT molecular complexity index is 983. The predicted octanol–water partition coefficient (Wildman–Crippen LogP) is 4.11. The van der Waals surface area contributed by atoms with E-state index in [1.807, 2.05) is 20.2 Å². The minimum Gasteiger partial charge on any atom is -0.493 e. The molecular weight excluding hydrogens is 418 g/mol. The molecule has 1 aliphatic rings. The lowest BCUT2D eigenvalue weighted by atomic mass is 9.94. The number of nitrogens with one attached hydrogen (secondary N) is 2. The van der Waals surface area contributed by atoms with Crippen LogP contribution >= 0.6 is 15.9 Å². The smallest absolute Gasteiger partial charge is 0.161 e. The quantitative estimate of drug-likeness (QED) is 0.601. The van der Waals surface area contributed by atoms with E-state index in [0.29, 0.717) is 6.61 Å². The molecular formula is C22H26BrN3O2. The second-order valence-electron chi connectivity index (χ2n) is 7.41. The van der Waals surface area contributed by atoms with E-state index in [9.17, 15) is 0 Å². The number of aromatic amines is 1. The first-order valence-corrected chi connectivity index (χ1v) is 10.3. The summed E-state index contributed by atoms with van der Waals surface area (Å²) in [6, 6.07) is 12.8. The maximum atomic E-state index is 5.91. The Kier molecular flexibility index (Phi) is 5.62. The van der Waals surface area contributed by atoms with Gasteiger partial charge in [0.05, 0.1) is 13.2 Å². The number of methoxy groups -OCH3 is 1. The van der Waals surface area contributed by atoms with Gasteiger partial charge in [-0.1, -0.05) is 22.0 Å². The zero-order chi connectivity index (χ0) is 19.7. The number of aromatic nitrogens is 1. The zero-order valence-corrected chi connectivity index (χ0v) is 18.1. The molecule has 4 rings (SSSR count). The average Bonchev–Trinajstić information content (AvgIpc) is 3.06. The number of fused-ring (bicyclic) bond motifs is 3. The predicted molar refractivity (Wildman–Crippen MR) is 117 cm³/mol. The van der Waals surface area contributed by atoms with Crippen LogP contribution in [0.5, 0.6) is 11.5 Å². The van der Waals surface area contributed by atoms with Crippen molar-refractivity contribution >= 4 is 26.8 Å². The molecule has 2 aromatic carbocycles. The van der Waals surface area contributed by atoms with E-state index >= 15 is 0 Å². The Morgan fingerprint density at radius 3 is 2.79 bits per heavy atom.